The van der Waals surface area contributed by atoms with Gasteiger partial charge in [-0.2, -0.15) is 9.97 Å². The number of anilines is 2. The Morgan fingerprint density at radius 2 is 2.09 bits per heavy atom. The van der Waals surface area contributed by atoms with Crippen LogP contribution in [0, 0.1) is 0 Å². The number of likely N-dealkylation sites (tertiary alicyclic amines) is 1. The number of aryl methyl sites for hydroxylation is 1. The molecule has 11 nitrogen and oxygen atoms in total. The van der Waals surface area contributed by atoms with E-state index in [1.54, 1.807) is 21.9 Å². The lowest BCUT2D eigenvalue weighted by molar-refractivity contribution is -0.130. The maximum Gasteiger partial charge on any atom is 0.224 e. The van der Waals surface area contributed by atoms with E-state index in [1.807, 2.05) is 12.1 Å². The second-order valence-electron chi connectivity index (χ2n) is 7.92. The lowest BCUT2D eigenvalue weighted by Crippen LogP contribution is -2.29. The van der Waals surface area contributed by atoms with Crippen molar-refractivity contribution < 1.29 is 9.90 Å². The van der Waals surface area contributed by atoms with Gasteiger partial charge in [0.05, 0.1) is 29.5 Å². The molecule has 5 rings (SSSR count). The van der Waals surface area contributed by atoms with E-state index in [0.29, 0.717) is 42.0 Å². The molecule has 4 heterocycles. The number of nitrogen functional groups attached to an aromatic ring is 2. The van der Waals surface area contributed by atoms with Crippen molar-refractivity contribution in [2.24, 2.45) is 0 Å². The zero-order chi connectivity index (χ0) is 22.4. The van der Waals surface area contributed by atoms with Gasteiger partial charge in [0.15, 0.2) is 11.5 Å². The number of hydrogen-bond donors (Lipinski definition) is 4. The first-order valence-corrected chi connectivity index (χ1v) is 10.6. The molecule has 1 aliphatic heterocycles. The van der Waals surface area contributed by atoms with Gasteiger partial charge >= 0.3 is 0 Å². The van der Waals surface area contributed by atoms with E-state index in [0.717, 1.165) is 16.9 Å². The predicted molar refractivity (Wildman–Crippen MR) is 120 cm³/mol. The molecule has 2 atom stereocenters. The quantitative estimate of drug-likeness (QED) is 0.349. The van der Waals surface area contributed by atoms with E-state index in [2.05, 4.69) is 24.9 Å². The van der Waals surface area contributed by atoms with Gasteiger partial charge in [-0.3, -0.25) is 4.79 Å². The van der Waals surface area contributed by atoms with Crippen LogP contribution in [-0.2, 0) is 11.2 Å². The zero-order valence-electron chi connectivity index (χ0n) is 17.1. The third-order valence-electron chi connectivity index (χ3n) is 5.73. The van der Waals surface area contributed by atoms with Gasteiger partial charge in [-0.15, -0.1) is 0 Å². The molecule has 0 saturated carbocycles. The fourth-order valence-electron chi connectivity index (χ4n) is 4.16. The number of benzene rings is 1. The number of rotatable bonds is 5. The number of aliphatic hydroxyl groups is 1. The number of β-amino-alcohol motifs (C(OH)–C–C–N with tert-alkyl or cyclic N) is 1. The third-order valence-corrected chi connectivity index (χ3v) is 5.97. The summed E-state index contributed by atoms with van der Waals surface area (Å²) in [6, 6.07) is 5.10. The number of aromatic nitrogens is 6. The number of fused-ring (bicyclic) bond motifs is 2. The monoisotopic (exact) mass is 455 g/mol. The number of carbonyl (C=O) groups is 1. The molecule has 1 aliphatic rings. The predicted octanol–water partition coefficient (Wildman–Crippen LogP) is 1.29. The fourth-order valence-corrected chi connectivity index (χ4v) is 4.34. The van der Waals surface area contributed by atoms with Gasteiger partial charge in [-0.05, 0) is 24.6 Å². The molecule has 4 aromatic rings. The van der Waals surface area contributed by atoms with E-state index in [-0.39, 0.29) is 24.2 Å². The summed E-state index contributed by atoms with van der Waals surface area (Å²) in [7, 11) is 0. The standard InChI is InChI=1S/C20H22ClN9O2/c21-10-4-5-11-12(6-10)26-15(25-11)2-1-3-16(32)29-7-13(14(31)8-29)30-9-24-17-18(22)27-20(23)28-19(17)30/h4-6,9,13-14,31H,1-3,7-8H2,(H,25,26)(H4,22,23,27,28)/t13-,14-/m0/s1. The summed E-state index contributed by atoms with van der Waals surface area (Å²) in [6.45, 7) is 0.584. The first kappa shape index (κ1) is 20.5. The molecule has 166 valence electrons. The number of nitrogens with zero attached hydrogens (tertiary/aromatic N) is 6. The number of hydrogen-bond acceptors (Lipinski definition) is 8. The highest BCUT2D eigenvalue weighted by Crippen LogP contribution is 2.28. The Bertz CT molecular complexity index is 1320. The maximum atomic E-state index is 12.8. The zero-order valence-corrected chi connectivity index (χ0v) is 17.8. The van der Waals surface area contributed by atoms with Crippen LogP contribution in [0.5, 0.6) is 0 Å². The maximum absolute atomic E-state index is 12.8. The van der Waals surface area contributed by atoms with Gasteiger partial charge in [-0.1, -0.05) is 11.6 Å². The molecule has 0 unspecified atom stereocenters. The Kier molecular flexibility index (Phi) is 5.06. The lowest BCUT2D eigenvalue weighted by atomic mass is 10.2. The van der Waals surface area contributed by atoms with Crippen LogP contribution in [-0.4, -0.2) is 64.6 Å². The molecule has 32 heavy (non-hydrogen) atoms. The smallest absolute Gasteiger partial charge is 0.224 e. The van der Waals surface area contributed by atoms with E-state index in [1.165, 1.54) is 0 Å². The summed E-state index contributed by atoms with van der Waals surface area (Å²) in [5, 5.41) is 11.3. The van der Waals surface area contributed by atoms with Gasteiger partial charge < -0.3 is 31.0 Å². The Hall–Kier alpha value is -3.44. The number of H-pyrrole nitrogens is 1. The second kappa shape index (κ2) is 7.92. The van der Waals surface area contributed by atoms with Crippen LogP contribution in [0.15, 0.2) is 24.5 Å². The number of amides is 1. The van der Waals surface area contributed by atoms with Crippen molar-refractivity contribution in [1.82, 2.24) is 34.4 Å². The van der Waals surface area contributed by atoms with Gasteiger partial charge in [0.25, 0.3) is 0 Å². The Morgan fingerprint density at radius 1 is 1.25 bits per heavy atom. The first-order valence-electron chi connectivity index (χ1n) is 10.2. The highest BCUT2D eigenvalue weighted by Gasteiger charge is 2.36. The Morgan fingerprint density at radius 3 is 2.94 bits per heavy atom. The van der Waals surface area contributed by atoms with Crippen molar-refractivity contribution in [2.75, 3.05) is 24.6 Å². The summed E-state index contributed by atoms with van der Waals surface area (Å²) >= 11 is 6.01. The van der Waals surface area contributed by atoms with Gasteiger partial charge in [0, 0.05) is 31.0 Å². The molecule has 6 N–H and O–H groups in total. The molecule has 1 amide bonds. The summed E-state index contributed by atoms with van der Waals surface area (Å²) in [5.41, 5.74) is 14.2. The van der Waals surface area contributed by atoms with Crippen LogP contribution < -0.4 is 11.5 Å². The lowest BCUT2D eigenvalue weighted by Gasteiger charge is -2.17. The van der Waals surface area contributed by atoms with Crippen LogP contribution in [0.1, 0.15) is 24.7 Å². The van der Waals surface area contributed by atoms with Crippen molar-refractivity contribution in [3.05, 3.63) is 35.4 Å². The minimum absolute atomic E-state index is 0.0243. The number of imidazole rings is 2. The molecule has 0 aliphatic carbocycles. The van der Waals surface area contributed by atoms with Crippen molar-refractivity contribution in [2.45, 2.75) is 31.4 Å². The number of aromatic amines is 1. The molecular formula is C20H22ClN9O2. The summed E-state index contributed by atoms with van der Waals surface area (Å²) in [5.74, 6) is 1.00. The van der Waals surface area contributed by atoms with Crippen LogP contribution in [0.2, 0.25) is 5.02 Å². The number of aliphatic hydroxyl groups excluding tert-OH is 1. The van der Waals surface area contributed by atoms with Crippen molar-refractivity contribution in [1.29, 1.82) is 0 Å². The Balaban J connectivity index is 1.23. The molecule has 1 fully saturated rings. The largest absolute Gasteiger partial charge is 0.389 e. The fraction of sp³-hybridized carbons (Fsp3) is 0.350. The van der Waals surface area contributed by atoms with Crippen molar-refractivity contribution >= 4 is 51.5 Å². The van der Waals surface area contributed by atoms with E-state index in [4.69, 9.17) is 23.1 Å². The topological polar surface area (TPSA) is 165 Å². The number of nitrogens with two attached hydrogens (primary N) is 2. The highest BCUT2D eigenvalue weighted by molar-refractivity contribution is 6.31. The van der Waals surface area contributed by atoms with Gasteiger partial charge in [-0.25, -0.2) is 9.97 Å². The summed E-state index contributed by atoms with van der Waals surface area (Å²) < 4.78 is 1.71. The number of carbonyl (C=O) groups excluding carboxylic acids is 1. The third kappa shape index (κ3) is 3.69. The van der Waals surface area contributed by atoms with Crippen LogP contribution >= 0.6 is 11.6 Å². The van der Waals surface area contributed by atoms with Crippen LogP contribution in [0.3, 0.4) is 0 Å². The van der Waals surface area contributed by atoms with E-state index >= 15 is 0 Å². The molecule has 1 saturated heterocycles. The minimum Gasteiger partial charge on any atom is -0.389 e. The Labute approximate surface area is 187 Å². The number of nitrogens with one attached hydrogen (secondary N) is 1. The van der Waals surface area contributed by atoms with Crippen LogP contribution in [0.25, 0.3) is 22.2 Å². The van der Waals surface area contributed by atoms with Crippen molar-refractivity contribution in [3.8, 4) is 0 Å². The van der Waals surface area contributed by atoms with Gasteiger partial charge in [0.2, 0.25) is 11.9 Å². The minimum atomic E-state index is -0.756. The molecule has 0 radical (unpaired) electrons. The molecule has 0 spiro atoms. The molecular weight excluding hydrogens is 434 g/mol. The summed E-state index contributed by atoms with van der Waals surface area (Å²) in [6.07, 6.45) is 2.42. The molecule has 3 aromatic heterocycles. The molecule has 0 bridgehead atoms. The number of halogens is 1. The average Bonchev–Trinajstić information content (AvgIpc) is 3.43. The average molecular weight is 456 g/mol. The molecule has 1 aromatic carbocycles. The first-order chi connectivity index (χ1) is 15.4. The van der Waals surface area contributed by atoms with Gasteiger partial charge in [0.1, 0.15) is 11.3 Å². The second-order valence-corrected chi connectivity index (χ2v) is 8.36. The normalized spacial score (nSPS) is 18.8. The van der Waals surface area contributed by atoms with Crippen LogP contribution in [0.4, 0.5) is 11.8 Å². The van der Waals surface area contributed by atoms with Crippen molar-refractivity contribution in [3.63, 3.8) is 0 Å². The highest BCUT2D eigenvalue weighted by atomic mass is 35.5. The van der Waals surface area contributed by atoms with E-state index < -0.39 is 12.1 Å². The summed E-state index contributed by atoms with van der Waals surface area (Å²) in [4.78, 5) is 34.5. The molecule has 12 heteroatoms. The van der Waals surface area contributed by atoms with E-state index in [9.17, 15) is 9.90 Å². The SMILES string of the molecule is Nc1nc(N)c2ncn([C@H]3CN(C(=O)CCCc4nc5ccc(Cl)cc5[nH]4)C[C@@H]3O)c2n1.